The van der Waals surface area contributed by atoms with Crippen LogP contribution in [0.15, 0.2) is 12.4 Å². The fraction of sp³-hybridized carbons (Fsp3) is 0.714. The summed E-state index contributed by atoms with van der Waals surface area (Å²) in [5, 5.41) is 3.33. The summed E-state index contributed by atoms with van der Waals surface area (Å²) in [6.07, 6.45) is 5.97. The van der Waals surface area contributed by atoms with Crippen LogP contribution in [-0.4, -0.2) is 42.3 Å². The van der Waals surface area contributed by atoms with Gasteiger partial charge in [0.15, 0.2) is 0 Å². The largest absolute Gasteiger partial charge is 0.377 e. The van der Waals surface area contributed by atoms with Crippen LogP contribution in [0.25, 0.3) is 0 Å². The molecule has 1 aromatic rings. The Hall–Kier alpha value is -1.20. The van der Waals surface area contributed by atoms with Crippen LogP contribution in [0.2, 0.25) is 0 Å². The third-order valence-electron chi connectivity index (χ3n) is 3.42. The van der Waals surface area contributed by atoms with Gasteiger partial charge in [-0.2, -0.15) is 0 Å². The molecule has 0 amide bonds. The maximum Gasteiger partial charge on any atom is 0.147 e. The number of hydrogen-bond donors (Lipinski definition) is 1. The highest BCUT2D eigenvalue weighted by Gasteiger charge is 2.22. The van der Waals surface area contributed by atoms with Gasteiger partial charge in [-0.1, -0.05) is 13.8 Å². The van der Waals surface area contributed by atoms with Gasteiger partial charge in [-0.05, 0) is 19.4 Å². The van der Waals surface area contributed by atoms with E-state index in [2.05, 4.69) is 34.0 Å². The first-order valence-electron chi connectivity index (χ1n) is 7.21. The Morgan fingerprint density at radius 2 is 2.26 bits per heavy atom. The quantitative estimate of drug-likeness (QED) is 0.791. The molecule has 0 spiro atoms. The molecule has 0 bridgehead atoms. The zero-order chi connectivity index (χ0) is 13.5. The molecule has 0 aliphatic carbocycles. The first-order chi connectivity index (χ1) is 9.35. The highest BCUT2D eigenvalue weighted by atomic mass is 16.5. The summed E-state index contributed by atoms with van der Waals surface area (Å²) in [4.78, 5) is 11.3. The Morgan fingerprint density at radius 3 is 2.95 bits per heavy atom. The highest BCUT2D eigenvalue weighted by molar-refractivity contribution is 5.38. The Labute approximate surface area is 115 Å². The molecule has 0 aromatic carbocycles. The molecule has 0 radical (unpaired) electrons. The van der Waals surface area contributed by atoms with Gasteiger partial charge in [0.2, 0.25) is 0 Å². The average molecular weight is 264 g/mol. The van der Waals surface area contributed by atoms with E-state index >= 15 is 0 Å². The Bertz CT molecular complexity index is 368. The van der Waals surface area contributed by atoms with E-state index in [9.17, 15) is 0 Å². The van der Waals surface area contributed by atoms with Crippen molar-refractivity contribution >= 4 is 5.82 Å². The monoisotopic (exact) mass is 264 g/mol. The summed E-state index contributed by atoms with van der Waals surface area (Å²) in [7, 11) is 0. The van der Waals surface area contributed by atoms with E-state index in [0.29, 0.717) is 6.04 Å². The van der Waals surface area contributed by atoms with Crippen LogP contribution in [0.4, 0.5) is 5.82 Å². The van der Waals surface area contributed by atoms with Crippen LogP contribution in [0.5, 0.6) is 0 Å². The van der Waals surface area contributed by atoms with Gasteiger partial charge in [0.25, 0.3) is 0 Å². The number of ether oxygens (including phenoxy) is 1. The normalized spacial score (nSPS) is 19.7. The van der Waals surface area contributed by atoms with E-state index in [4.69, 9.17) is 4.74 Å². The number of rotatable bonds is 6. The van der Waals surface area contributed by atoms with Crippen LogP contribution < -0.4 is 10.2 Å². The summed E-state index contributed by atoms with van der Waals surface area (Å²) >= 11 is 0. The van der Waals surface area contributed by atoms with Gasteiger partial charge >= 0.3 is 0 Å². The Kier molecular flexibility index (Phi) is 5.54. The predicted octanol–water partition coefficient (Wildman–Crippen LogP) is 1.59. The number of morpholine rings is 1. The molecular formula is C14H24N4O. The predicted molar refractivity (Wildman–Crippen MR) is 76.3 cm³/mol. The molecule has 19 heavy (non-hydrogen) atoms. The molecule has 2 heterocycles. The van der Waals surface area contributed by atoms with Gasteiger partial charge in [-0.3, -0.25) is 4.98 Å². The van der Waals surface area contributed by atoms with Crippen molar-refractivity contribution in [1.82, 2.24) is 15.3 Å². The van der Waals surface area contributed by atoms with Crippen molar-refractivity contribution in [3.05, 3.63) is 18.1 Å². The standard InChI is InChI=1S/C14H24N4O/c1-3-5-15-8-12-9-17-14(10-16-12)18-6-7-19-11-13(18)4-2/h9-10,13,15H,3-8,11H2,1-2H3. The molecule has 1 saturated heterocycles. The second-order valence-electron chi connectivity index (χ2n) is 4.87. The lowest BCUT2D eigenvalue weighted by Gasteiger charge is -2.35. The fourth-order valence-corrected chi connectivity index (χ4v) is 2.28. The van der Waals surface area contributed by atoms with Crippen molar-refractivity contribution in [1.29, 1.82) is 0 Å². The molecule has 1 atom stereocenters. The molecule has 5 nitrogen and oxygen atoms in total. The molecule has 106 valence electrons. The molecule has 0 saturated carbocycles. The molecule has 1 aromatic heterocycles. The van der Waals surface area contributed by atoms with Gasteiger partial charge < -0.3 is 15.0 Å². The fourth-order valence-electron chi connectivity index (χ4n) is 2.28. The number of anilines is 1. The molecule has 1 aliphatic rings. The van der Waals surface area contributed by atoms with Crippen molar-refractivity contribution in [2.45, 2.75) is 39.3 Å². The first kappa shape index (κ1) is 14.2. The van der Waals surface area contributed by atoms with Gasteiger partial charge in [0.1, 0.15) is 5.82 Å². The molecule has 1 unspecified atom stereocenters. The van der Waals surface area contributed by atoms with Crippen LogP contribution in [0.1, 0.15) is 32.4 Å². The molecule has 1 N–H and O–H groups in total. The average Bonchev–Trinajstić information content (AvgIpc) is 2.48. The summed E-state index contributed by atoms with van der Waals surface area (Å²) in [5.74, 6) is 0.967. The van der Waals surface area contributed by atoms with Crippen molar-refractivity contribution in [2.75, 3.05) is 31.2 Å². The summed E-state index contributed by atoms with van der Waals surface area (Å²) < 4.78 is 5.51. The van der Waals surface area contributed by atoms with E-state index in [0.717, 1.165) is 57.2 Å². The van der Waals surface area contributed by atoms with Gasteiger partial charge in [-0.25, -0.2) is 4.98 Å². The molecule has 2 rings (SSSR count). The smallest absolute Gasteiger partial charge is 0.147 e. The van der Waals surface area contributed by atoms with Crippen molar-refractivity contribution in [3.8, 4) is 0 Å². The van der Waals surface area contributed by atoms with Crippen LogP contribution in [0.3, 0.4) is 0 Å². The number of nitrogens with zero attached hydrogens (tertiary/aromatic N) is 3. The Morgan fingerprint density at radius 1 is 1.37 bits per heavy atom. The highest BCUT2D eigenvalue weighted by Crippen LogP contribution is 2.18. The maximum atomic E-state index is 5.51. The number of hydrogen-bond acceptors (Lipinski definition) is 5. The SMILES string of the molecule is CCCNCc1cnc(N2CCOCC2CC)cn1. The minimum Gasteiger partial charge on any atom is -0.377 e. The van der Waals surface area contributed by atoms with Crippen molar-refractivity contribution in [3.63, 3.8) is 0 Å². The summed E-state index contributed by atoms with van der Waals surface area (Å²) in [6.45, 7) is 8.62. The van der Waals surface area contributed by atoms with Crippen molar-refractivity contribution in [2.24, 2.45) is 0 Å². The maximum absolute atomic E-state index is 5.51. The lowest BCUT2D eigenvalue weighted by atomic mass is 10.2. The second-order valence-corrected chi connectivity index (χ2v) is 4.87. The number of nitrogens with one attached hydrogen (secondary N) is 1. The van der Waals surface area contributed by atoms with Crippen LogP contribution >= 0.6 is 0 Å². The van der Waals surface area contributed by atoms with Gasteiger partial charge in [-0.15, -0.1) is 0 Å². The van der Waals surface area contributed by atoms with Crippen molar-refractivity contribution < 1.29 is 4.74 Å². The van der Waals surface area contributed by atoms with E-state index in [1.165, 1.54) is 0 Å². The third kappa shape index (κ3) is 3.88. The summed E-state index contributed by atoms with van der Waals surface area (Å²) in [5.41, 5.74) is 0.999. The van der Waals surface area contributed by atoms with E-state index in [1.54, 1.807) is 0 Å². The molecule has 1 aliphatic heterocycles. The molecule has 1 fully saturated rings. The lowest BCUT2D eigenvalue weighted by molar-refractivity contribution is 0.0925. The van der Waals surface area contributed by atoms with Crippen LogP contribution in [0, 0.1) is 0 Å². The zero-order valence-corrected chi connectivity index (χ0v) is 11.9. The zero-order valence-electron chi connectivity index (χ0n) is 11.9. The van der Waals surface area contributed by atoms with E-state index in [1.807, 2.05) is 12.4 Å². The first-order valence-corrected chi connectivity index (χ1v) is 7.21. The third-order valence-corrected chi connectivity index (χ3v) is 3.42. The molecular weight excluding hydrogens is 240 g/mol. The van der Waals surface area contributed by atoms with E-state index in [-0.39, 0.29) is 0 Å². The number of aromatic nitrogens is 2. The lowest BCUT2D eigenvalue weighted by Crippen LogP contribution is -2.45. The molecule has 5 heteroatoms. The van der Waals surface area contributed by atoms with Gasteiger partial charge in [0, 0.05) is 13.1 Å². The van der Waals surface area contributed by atoms with Crippen LogP contribution in [-0.2, 0) is 11.3 Å². The minimum absolute atomic E-state index is 0.423. The van der Waals surface area contributed by atoms with E-state index < -0.39 is 0 Å². The second kappa shape index (κ2) is 7.40. The topological polar surface area (TPSA) is 50.3 Å². The minimum atomic E-state index is 0.423. The van der Waals surface area contributed by atoms with Gasteiger partial charge in [0.05, 0.1) is 37.3 Å². The Balaban J connectivity index is 1.96. The summed E-state index contributed by atoms with van der Waals surface area (Å²) in [6, 6.07) is 0.423.